The van der Waals surface area contributed by atoms with Gasteiger partial charge in [-0.1, -0.05) is 23.7 Å². The van der Waals surface area contributed by atoms with E-state index in [1.807, 2.05) is 0 Å². The van der Waals surface area contributed by atoms with E-state index in [0.29, 0.717) is 22.0 Å². The van der Waals surface area contributed by atoms with Gasteiger partial charge in [0.1, 0.15) is 0 Å². The van der Waals surface area contributed by atoms with Crippen LogP contribution in [-0.2, 0) is 0 Å². The molecule has 4 nitrogen and oxygen atoms in total. The highest BCUT2D eigenvalue weighted by Gasteiger charge is 2.11. The van der Waals surface area contributed by atoms with Crippen LogP contribution in [0.2, 0.25) is 5.02 Å². The summed E-state index contributed by atoms with van der Waals surface area (Å²) in [5, 5.41) is 12.6. The molecule has 0 heterocycles. The fraction of sp³-hybridized carbons (Fsp3) is 0.133. The fourth-order valence-corrected chi connectivity index (χ4v) is 1.99. The highest BCUT2D eigenvalue weighted by molar-refractivity contribution is 6.34. The molecule has 5 heteroatoms. The van der Waals surface area contributed by atoms with Crippen LogP contribution in [0.1, 0.15) is 28.9 Å². The number of anilines is 2. The largest absolute Gasteiger partial charge is 0.399 e. The van der Waals surface area contributed by atoms with Gasteiger partial charge in [0.2, 0.25) is 0 Å². The van der Waals surface area contributed by atoms with Gasteiger partial charge in [-0.15, -0.1) is 0 Å². The lowest BCUT2D eigenvalue weighted by Crippen LogP contribution is -2.13. The summed E-state index contributed by atoms with van der Waals surface area (Å²) in [4.78, 5) is 12.2. The first-order valence-corrected chi connectivity index (χ1v) is 6.49. The smallest absolute Gasteiger partial charge is 0.257 e. The second kappa shape index (κ2) is 5.94. The van der Waals surface area contributed by atoms with Crippen LogP contribution in [0.4, 0.5) is 11.4 Å². The van der Waals surface area contributed by atoms with Gasteiger partial charge >= 0.3 is 0 Å². The van der Waals surface area contributed by atoms with E-state index in [9.17, 15) is 9.90 Å². The predicted molar refractivity (Wildman–Crippen MR) is 80.9 cm³/mol. The second-order valence-electron chi connectivity index (χ2n) is 4.49. The zero-order valence-electron chi connectivity index (χ0n) is 10.9. The predicted octanol–water partition coefficient (Wildman–Crippen LogP) is 3.23. The second-order valence-corrected chi connectivity index (χ2v) is 4.90. The SMILES string of the molecule is C[C@@H](O)c1cccc(NC(=O)c2cc(N)ccc2Cl)c1. The molecule has 4 N–H and O–H groups in total. The molecule has 2 aromatic rings. The lowest BCUT2D eigenvalue weighted by molar-refractivity contribution is 0.102. The first-order chi connectivity index (χ1) is 9.47. The number of rotatable bonds is 3. The molecule has 0 aromatic heterocycles. The van der Waals surface area contributed by atoms with E-state index < -0.39 is 6.10 Å². The number of nitrogens with two attached hydrogens (primary N) is 1. The van der Waals surface area contributed by atoms with E-state index in [1.165, 1.54) is 6.07 Å². The van der Waals surface area contributed by atoms with Crippen LogP contribution < -0.4 is 11.1 Å². The molecule has 0 spiro atoms. The number of hydrogen-bond donors (Lipinski definition) is 3. The lowest BCUT2D eigenvalue weighted by atomic mass is 10.1. The van der Waals surface area contributed by atoms with Crippen LogP contribution in [0.25, 0.3) is 0 Å². The Bertz CT molecular complexity index is 642. The molecule has 0 fully saturated rings. The average molecular weight is 291 g/mol. The van der Waals surface area contributed by atoms with E-state index in [1.54, 1.807) is 43.3 Å². The number of carbonyl (C=O) groups excluding carboxylic acids is 1. The number of nitrogen functional groups attached to an aromatic ring is 1. The molecule has 0 saturated carbocycles. The zero-order chi connectivity index (χ0) is 14.7. The van der Waals surface area contributed by atoms with Crippen LogP contribution in [0.5, 0.6) is 0 Å². The van der Waals surface area contributed by atoms with Crippen molar-refractivity contribution in [3.63, 3.8) is 0 Å². The van der Waals surface area contributed by atoms with Gasteiger partial charge in [0.05, 0.1) is 16.7 Å². The first-order valence-electron chi connectivity index (χ1n) is 6.12. The molecule has 20 heavy (non-hydrogen) atoms. The number of aliphatic hydroxyl groups excluding tert-OH is 1. The van der Waals surface area contributed by atoms with Gasteiger partial charge in [-0.2, -0.15) is 0 Å². The fourth-order valence-electron chi connectivity index (χ4n) is 1.79. The molecule has 0 aliphatic rings. The monoisotopic (exact) mass is 290 g/mol. The third-order valence-electron chi connectivity index (χ3n) is 2.86. The summed E-state index contributed by atoms with van der Waals surface area (Å²) in [6.07, 6.45) is -0.595. The summed E-state index contributed by atoms with van der Waals surface area (Å²) < 4.78 is 0. The van der Waals surface area contributed by atoms with Gasteiger partial charge in [-0.05, 0) is 42.8 Å². The highest BCUT2D eigenvalue weighted by Crippen LogP contribution is 2.22. The molecule has 0 aliphatic carbocycles. The van der Waals surface area contributed by atoms with Gasteiger partial charge in [-0.25, -0.2) is 0 Å². The molecular weight excluding hydrogens is 276 g/mol. The Labute approximate surface area is 122 Å². The molecule has 0 radical (unpaired) electrons. The van der Waals surface area contributed by atoms with Gasteiger partial charge < -0.3 is 16.2 Å². The number of nitrogens with one attached hydrogen (secondary N) is 1. The Morgan fingerprint density at radius 2 is 2.05 bits per heavy atom. The molecule has 104 valence electrons. The quantitative estimate of drug-likeness (QED) is 0.760. The van der Waals surface area contributed by atoms with Gasteiger partial charge in [0, 0.05) is 11.4 Å². The highest BCUT2D eigenvalue weighted by atomic mass is 35.5. The van der Waals surface area contributed by atoms with Crippen LogP contribution in [0.3, 0.4) is 0 Å². The Balaban J connectivity index is 2.23. The molecule has 0 saturated heterocycles. The average Bonchev–Trinajstić information content (AvgIpc) is 2.41. The van der Waals surface area contributed by atoms with E-state index >= 15 is 0 Å². The molecule has 0 bridgehead atoms. The summed E-state index contributed by atoms with van der Waals surface area (Å²) in [5.74, 6) is -0.343. The molecule has 2 aromatic carbocycles. The van der Waals surface area contributed by atoms with Crippen molar-refractivity contribution in [1.82, 2.24) is 0 Å². The van der Waals surface area contributed by atoms with Crippen molar-refractivity contribution in [3.05, 3.63) is 58.6 Å². The van der Waals surface area contributed by atoms with Gasteiger partial charge in [0.15, 0.2) is 0 Å². The Morgan fingerprint density at radius 3 is 2.75 bits per heavy atom. The molecule has 2 rings (SSSR count). The third kappa shape index (κ3) is 3.29. The molecule has 1 atom stereocenters. The number of carbonyl (C=O) groups is 1. The molecular formula is C15H15ClN2O2. The maximum Gasteiger partial charge on any atom is 0.257 e. The standard InChI is InChI=1S/C15H15ClN2O2/c1-9(19)10-3-2-4-12(7-10)18-15(20)13-8-11(17)5-6-14(13)16/h2-9,19H,17H2,1H3,(H,18,20)/t9-/m1/s1. The normalized spacial score (nSPS) is 11.9. The van der Waals surface area contributed by atoms with Crippen molar-refractivity contribution in [2.24, 2.45) is 0 Å². The number of hydrogen-bond acceptors (Lipinski definition) is 3. The van der Waals surface area contributed by atoms with Crippen molar-refractivity contribution in [2.45, 2.75) is 13.0 Å². The van der Waals surface area contributed by atoms with Crippen LogP contribution >= 0.6 is 11.6 Å². The third-order valence-corrected chi connectivity index (χ3v) is 3.19. The summed E-state index contributed by atoms with van der Waals surface area (Å²) >= 11 is 5.98. The van der Waals surface area contributed by atoms with Crippen molar-refractivity contribution in [2.75, 3.05) is 11.1 Å². The van der Waals surface area contributed by atoms with Crippen LogP contribution in [0, 0.1) is 0 Å². The van der Waals surface area contributed by atoms with E-state index in [2.05, 4.69) is 5.32 Å². The number of benzene rings is 2. The summed E-state index contributed by atoms with van der Waals surface area (Å²) in [5.41, 5.74) is 7.75. The Morgan fingerprint density at radius 1 is 1.30 bits per heavy atom. The molecule has 0 unspecified atom stereocenters. The van der Waals surface area contributed by atoms with Crippen molar-refractivity contribution in [3.8, 4) is 0 Å². The summed E-state index contributed by atoms with van der Waals surface area (Å²) in [7, 11) is 0. The summed E-state index contributed by atoms with van der Waals surface area (Å²) in [6, 6.07) is 11.7. The van der Waals surface area contributed by atoms with E-state index in [4.69, 9.17) is 17.3 Å². The topological polar surface area (TPSA) is 75.3 Å². The van der Waals surface area contributed by atoms with Crippen LogP contribution in [-0.4, -0.2) is 11.0 Å². The van der Waals surface area contributed by atoms with E-state index in [0.717, 1.165) is 5.56 Å². The Kier molecular flexibility index (Phi) is 4.27. The molecule has 0 aliphatic heterocycles. The molecule has 1 amide bonds. The van der Waals surface area contributed by atoms with Gasteiger partial charge in [0.25, 0.3) is 5.91 Å². The minimum Gasteiger partial charge on any atom is -0.399 e. The number of halogens is 1. The zero-order valence-corrected chi connectivity index (χ0v) is 11.7. The number of amides is 1. The Hall–Kier alpha value is -2.04. The van der Waals surface area contributed by atoms with Gasteiger partial charge in [-0.3, -0.25) is 4.79 Å². The van der Waals surface area contributed by atoms with E-state index in [-0.39, 0.29) is 5.91 Å². The van der Waals surface area contributed by atoms with Crippen LogP contribution in [0.15, 0.2) is 42.5 Å². The number of aliphatic hydroxyl groups is 1. The van der Waals surface area contributed by atoms with Crippen molar-refractivity contribution >= 4 is 28.9 Å². The maximum absolute atomic E-state index is 12.2. The minimum atomic E-state index is -0.595. The van der Waals surface area contributed by atoms with Crippen molar-refractivity contribution < 1.29 is 9.90 Å². The summed E-state index contributed by atoms with van der Waals surface area (Å²) in [6.45, 7) is 1.66. The lowest BCUT2D eigenvalue weighted by Gasteiger charge is -2.10. The maximum atomic E-state index is 12.2. The minimum absolute atomic E-state index is 0.314. The van der Waals surface area contributed by atoms with Crippen molar-refractivity contribution in [1.29, 1.82) is 0 Å². The first kappa shape index (κ1) is 14.4.